The predicted molar refractivity (Wildman–Crippen MR) is 147 cm³/mol. The summed E-state index contributed by atoms with van der Waals surface area (Å²) < 4.78 is 14.2. The van der Waals surface area contributed by atoms with Crippen molar-refractivity contribution in [3.63, 3.8) is 0 Å². The van der Waals surface area contributed by atoms with Crippen LogP contribution in [0.4, 0.5) is 0 Å². The number of ether oxygens (including phenoxy) is 2. The summed E-state index contributed by atoms with van der Waals surface area (Å²) in [6.45, 7) is 5.31. The molecule has 0 saturated carbocycles. The third kappa shape index (κ3) is 5.06. The lowest BCUT2D eigenvalue weighted by molar-refractivity contribution is 0.0671. The summed E-state index contributed by atoms with van der Waals surface area (Å²) in [5, 5.41) is 7.48. The van der Waals surface area contributed by atoms with Gasteiger partial charge in [-0.2, -0.15) is 4.98 Å². The molecule has 10 nitrogen and oxygen atoms in total. The van der Waals surface area contributed by atoms with Gasteiger partial charge < -0.3 is 19.7 Å². The Morgan fingerprint density at radius 3 is 2.62 bits per heavy atom. The van der Waals surface area contributed by atoms with E-state index in [1.807, 2.05) is 72.8 Å². The molecule has 4 aromatic rings. The van der Waals surface area contributed by atoms with E-state index in [-0.39, 0.29) is 23.8 Å². The largest absolute Gasteiger partial charge is 0.477 e. The highest BCUT2D eigenvalue weighted by Gasteiger charge is 2.34. The van der Waals surface area contributed by atoms with Crippen molar-refractivity contribution in [3.05, 3.63) is 70.9 Å². The average molecular weight is 531 g/mol. The fourth-order valence-electron chi connectivity index (χ4n) is 5.39. The molecule has 0 aliphatic carbocycles. The topological polar surface area (TPSA) is 104 Å². The number of aryl methyl sites for hydroxylation is 3. The van der Waals surface area contributed by atoms with Crippen molar-refractivity contribution >= 4 is 22.8 Å². The first kappa shape index (κ1) is 26.3. The van der Waals surface area contributed by atoms with Gasteiger partial charge in [-0.3, -0.25) is 18.8 Å². The maximum atomic E-state index is 13.8. The lowest BCUT2D eigenvalue weighted by atomic mass is 9.85. The molecule has 2 atom stereocenters. The third-order valence-corrected chi connectivity index (χ3v) is 7.39. The van der Waals surface area contributed by atoms with Crippen LogP contribution in [0.1, 0.15) is 51.2 Å². The van der Waals surface area contributed by atoms with Gasteiger partial charge in [-0.25, -0.2) is 0 Å². The molecule has 5 rings (SSSR count). The van der Waals surface area contributed by atoms with E-state index in [0.717, 1.165) is 22.2 Å². The number of fused-ring (bicyclic) bond motifs is 1. The third-order valence-electron chi connectivity index (χ3n) is 7.39. The molecular weight excluding hydrogens is 496 g/mol. The van der Waals surface area contributed by atoms with Gasteiger partial charge in [0.25, 0.3) is 17.8 Å². The number of nitrogens with zero attached hydrogens (tertiary/aromatic N) is 5. The van der Waals surface area contributed by atoms with Crippen molar-refractivity contribution in [1.82, 2.24) is 29.5 Å². The molecule has 10 heteroatoms. The maximum Gasteiger partial charge on any atom is 0.296 e. The van der Waals surface area contributed by atoms with E-state index in [4.69, 9.17) is 9.47 Å². The number of rotatable bonds is 7. The monoisotopic (exact) mass is 530 g/mol. The molecule has 1 aliphatic heterocycles. The summed E-state index contributed by atoms with van der Waals surface area (Å²) in [4.78, 5) is 33.4. The normalized spacial score (nSPS) is 17.3. The highest BCUT2D eigenvalue weighted by molar-refractivity contribution is 5.98. The second kappa shape index (κ2) is 10.8. The first-order chi connectivity index (χ1) is 18.8. The molecule has 2 amide bonds. The second-order valence-corrected chi connectivity index (χ2v) is 9.88. The van der Waals surface area contributed by atoms with Crippen molar-refractivity contribution in [1.29, 1.82) is 0 Å². The number of carbonyl (C=O) groups is 2. The Balaban J connectivity index is 1.40. The summed E-state index contributed by atoms with van der Waals surface area (Å²) >= 11 is 0. The lowest BCUT2D eigenvalue weighted by Gasteiger charge is -2.39. The Kier molecular flexibility index (Phi) is 7.28. The van der Waals surface area contributed by atoms with Crippen molar-refractivity contribution in [2.24, 2.45) is 14.1 Å². The first-order valence-electron chi connectivity index (χ1n) is 13.1. The Hall–Kier alpha value is -4.34. The molecular formula is C29H34N6O4. The van der Waals surface area contributed by atoms with E-state index in [0.29, 0.717) is 49.3 Å². The molecule has 0 radical (unpaired) electrons. The Morgan fingerprint density at radius 1 is 1.13 bits per heavy atom. The summed E-state index contributed by atoms with van der Waals surface area (Å²) in [5.74, 6) is 0.0873. The minimum Gasteiger partial charge on any atom is -0.477 e. The fourth-order valence-corrected chi connectivity index (χ4v) is 5.39. The highest BCUT2D eigenvalue weighted by atomic mass is 16.5. The fraction of sp³-hybridized carbons (Fsp3) is 0.379. The van der Waals surface area contributed by atoms with E-state index in [1.54, 1.807) is 20.2 Å². The van der Waals surface area contributed by atoms with Gasteiger partial charge in [0.1, 0.15) is 5.69 Å². The minimum absolute atomic E-state index is 0.0427. The molecule has 0 bridgehead atoms. The van der Waals surface area contributed by atoms with Gasteiger partial charge in [0.05, 0.1) is 24.8 Å². The summed E-state index contributed by atoms with van der Waals surface area (Å²) in [6.07, 6.45) is 0.619. The van der Waals surface area contributed by atoms with Gasteiger partial charge in [0, 0.05) is 50.8 Å². The van der Waals surface area contributed by atoms with Crippen molar-refractivity contribution in [2.75, 3.05) is 26.8 Å². The number of hydrogen-bond donors (Lipinski definition) is 1. The number of methoxy groups -OCH3 is 1. The number of carbonyl (C=O) groups excluding carboxylic acids is 2. The molecule has 2 aromatic heterocycles. The zero-order valence-electron chi connectivity index (χ0n) is 23.0. The summed E-state index contributed by atoms with van der Waals surface area (Å²) in [7, 11) is 5.19. The number of aromatic nitrogens is 4. The van der Waals surface area contributed by atoms with Crippen LogP contribution in [0, 0.1) is 6.92 Å². The van der Waals surface area contributed by atoms with Crippen LogP contribution in [0.3, 0.4) is 0 Å². The molecule has 204 valence electrons. The SMILES string of the molecule is CCOc1cc(C(=O)N[C@@H]2CCN(C(=O)c3cc(C)c4nc(OC)n(C)c4c3)C[C@@H]2c2ccccc2)n(C)n1. The molecule has 0 spiro atoms. The van der Waals surface area contributed by atoms with E-state index < -0.39 is 0 Å². The van der Waals surface area contributed by atoms with Gasteiger partial charge in [0.2, 0.25) is 5.88 Å². The van der Waals surface area contributed by atoms with Crippen LogP contribution in [-0.4, -0.2) is 68.9 Å². The molecule has 1 N–H and O–H groups in total. The van der Waals surface area contributed by atoms with E-state index in [1.165, 1.54) is 4.68 Å². The average Bonchev–Trinajstić information content (AvgIpc) is 3.48. The number of piperidine rings is 1. The van der Waals surface area contributed by atoms with Crippen LogP contribution < -0.4 is 14.8 Å². The number of amides is 2. The Bertz CT molecular complexity index is 1510. The quantitative estimate of drug-likeness (QED) is 0.393. The molecule has 1 fully saturated rings. The molecule has 1 aliphatic rings. The van der Waals surface area contributed by atoms with E-state index in [9.17, 15) is 9.59 Å². The van der Waals surface area contributed by atoms with Crippen molar-refractivity contribution in [3.8, 4) is 11.9 Å². The number of likely N-dealkylation sites (tertiary alicyclic amines) is 1. The van der Waals surface area contributed by atoms with Crippen molar-refractivity contribution < 1.29 is 19.1 Å². The molecule has 1 saturated heterocycles. The predicted octanol–water partition coefficient (Wildman–Crippen LogP) is 3.45. The number of nitrogens with one attached hydrogen (secondary N) is 1. The van der Waals surface area contributed by atoms with Crippen molar-refractivity contribution in [2.45, 2.75) is 32.2 Å². The molecule has 3 heterocycles. The summed E-state index contributed by atoms with van der Waals surface area (Å²) in [5.41, 5.74) is 4.69. The minimum atomic E-state index is -0.215. The zero-order valence-corrected chi connectivity index (χ0v) is 23.0. The molecule has 39 heavy (non-hydrogen) atoms. The lowest BCUT2D eigenvalue weighted by Crippen LogP contribution is -2.51. The van der Waals surface area contributed by atoms with E-state index >= 15 is 0 Å². The second-order valence-electron chi connectivity index (χ2n) is 9.88. The Labute approximate surface area is 227 Å². The number of hydrogen-bond acceptors (Lipinski definition) is 6. The molecule has 2 aromatic carbocycles. The van der Waals surface area contributed by atoms with Gasteiger partial charge in [-0.15, -0.1) is 5.10 Å². The maximum absolute atomic E-state index is 13.8. The Morgan fingerprint density at radius 2 is 1.90 bits per heavy atom. The smallest absolute Gasteiger partial charge is 0.296 e. The van der Waals surface area contributed by atoms with Crippen LogP contribution in [0.25, 0.3) is 11.0 Å². The van der Waals surface area contributed by atoms with Gasteiger partial charge in [-0.05, 0) is 43.5 Å². The van der Waals surface area contributed by atoms with Crippen LogP contribution in [-0.2, 0) is 14.1 Å². The van der Waals surface area contributed by atoms with Crippen LogP contribution in [0.2, 0.25) is 0 Å². The van der Waals surface area contributed by atoms with E-state index in [2.05, 4.69) is 15.4 Å². The van der Waals surface area contributed by atoms with Crippen LogP contribution in [0.5, 0.6) is 11.9 Å². The van der Waals surface area contributed by atoms with Gasteiger partial charge in [0.15, 0.2) is 0 Å². The van der Waals surface area contributed by atoms with Crippen LogP contribution in [0.15, 0.2) is 48.5 Å². The standard InChI is InChI=1S/C29H34N6O4/c1-6-39-25-16-24(34(4)32-25)27(36)30-22-12-13-35(17-21(22)19-10-8-7-9-11-19)28(37)20-14-18(2)26-23(15-20)33(3)29(31-26)38-5/h7-11,14-16,21-22H,6,12-13,17H2,1-5H3,(H,30,36)/t21-,22-/m1/s1. The number of benzene rings is 2. The van der Waals surface area contributed by atoms with Gasteiger partial charge >= 0.3 is 0 Å². The number of imidazole rings is 1. The highest BCUT2D eigenvalue weighted by Crippen LogP contribution is 2.30. The zero-order chi connectivity index (χ0) is 27.7. The van der Waals surface area contributed by atoms with Gasteiger partial charge in [-0.1, -0.05) is 30.3 Å². The first-order valence-corrected chi connectivity index (χ1v) is 13.1. The van der Waals surface area contributed by atoms with Crippen LogP contribution >= 0.6 is 0 Å². The summed E-state index contributed by atoms with van der Waals surface area (Å²) in [6, 6.07) is 15.8. The molecule has 0 unspecified atom stereocenters.